The lowest BCUT2D eigenvalue weighted by Crippen LogP contribution is -2.32. The molecule has 0 aliphatic heterocycles. The van der Waals surface area contributed by atoms with Gasteiger partial charge in [-0.15, -0.1) is 0 Å². The topological polar surface area (TPSA) is 46.3 Å². The zero-order valence-electron chi connectivity index (χ0n) is 12.9. The highest BCUT2D eigenvalue weighted by molar-refractivity contribution is 5.76. The van der Waals surface area contributed by atoms with E-state index in [4.69, 9.17) is 5.73 Å². The number of hydrogen-bond acceptors (Lipinski definition) is 2. The first kappa shape index (κ1) is 16.2. The summed E-state index contributed by atoms with van der Waals surface area (Å²) >= 11 is 0. The molecule has 2 aromatic carbocycles. The SMILES string of the molecule is NCCCN(Cc1ccccc1)C(=O)CCc1ccccc1. The van der Waals surface area contributed by atoms with Crippen molar-refractivity contribution in [1.29, 1.82) is 0 Å². The summed E-state index contributed by atoms with van der Waals surface area (Å²) in [6.07, 6.45) is 2.17. The van der Waals surface area contributed by atoms with Crippen molar-refractivity contribution < 1.29 is 4.79 Å². The maximum atomic E-state index is 12.5. The molecule has 0 aromatic heterocycles. The third kappa shape index (κ3) is 5.34. The number of carbonyl (C=O) groups is 1. The van der Waals surface area contributed by atoms with Crippen molar-refractivity contribution in [3.63, 3.8) is 0 Å². The van der Waals surface area contributed by atoms with Gasteiger partial charge in [0.2, 0.25) is 5.91 Å². The summed E-state index contributed by atoms with van der Waals surface area (Å²) in [7, 11) is 0. The van der Waals surface area contributed by atoms with Gasteiger partial charge in [0.25, 0.3) is 0 Å². The summed E-state index contributed by atoms with van der Waals surface area (Å²) in [5, 5.41) is 0. The fourth-order valence-corrected chi connectivity index (χ4v) is 2.43. The minimum Gasteiger partial charge on any atom is -0.338 e. The Kier molecular flexibility index (Phi) is 6.65. The molecular weight excluding hydrogens is 272 g/mol. The molecule has 0 aliphatic rings. The van der Waals surface area contributed by atoms with Gasteiger partial charge in [-0.2, -0.15) is 0 Å². The molecule has 0 saturated carbocycles. The average molecular weight is 296 g/mol. The number of rotatable bonds is 8. The van der Waals surface area contributed by atoms with Crippen molar-refractivity contribution in [3.8, 4) is 0 Å². The van der Waals surface area contributed by atoms with Crippen LogP contribution in [0.4, 0.5) is 0 Å². The highest BCUT2D eigenvalue weighted by Gasteiger charge is 2.13. The van der Waals surface area contributed by atoms with Crippen LogP contribution in [0, 0.1) is 0 Å². The van der Waals surface area contributed by atoms with Crippen LogP contribution in [0.1, 0.15) is 24.0 Å². The lowest BCUT2D eigenvalue weighted by Gasteiger charge is -2.23. The number of hydrogen-bond donors (Lipinski definition) is 1. The van der Waals surface area contributed by atoms with Crippen LogP contribution in [0.2, 0.25) is 0 Å². The molecule has 0 atom stereocenters. The van der Waals surface area contributed by atoms with Gasteiger partial charge in [-0.3, -0.25) is 4.79 Å². The molecule has 3 nitrogen and oxygen atoms in total. The van der Waals surface area contributed by atoms with E-state index < -0.39 is 0 Å². The maximum absolute atomic E-state index is 12.5. The van der Waals surface area contributed by atoms with E-state index in [-0.39, 0.29) is 5.91 Å². The zero-order chi connectivity index (χ0) is 15.6. The molecular formula is C19H24N2O. The minimum absolute atomic E-state index is 0.196. The van der Waals surface area contributed by atoms with E-state index >= 15 is 0 Å². The molecule has 2 N–H and O–H groups in total. The van der Waals surface area contributed by atoms with Crippen LogP contribution in [0.25, 0.3) is 0 Å². The van der Waals surface area contributed by atoms with E-state index in [1.165, 1.54) is 5.56 Å². The van der Waals surface area contributed by atoms with Crippen LogP contribution in [0.3, 0.4) is 0 Å². The van der Waals surface area contributed by atoms with Gasteiger partial charge in [0, 0.05) is 19.5 Å². The molecule has 0 heterocycles. The number of benzene rings is 2. The Morgan fingerprint density at radius 1 is 0.909 bits per heavy atom. The Bertz CT molecular complexity index is 554. The first-order chi connectivity index (χ1) is 10.8. The molecule has 0 fully saturated rings. The molecule has 0 saturated heterocycles. The monoisotopic (exact) mass is 296 g/mol. The Balaban J connectivity index is 1.93. The van der Waals surface area contributed by atoms with Crippen molar-refractivity contribution in [3.05, 3.63) is 71.8 Å². The van der Waals surface area contributed by atoms with Crippen LogP contribution in [0.5, 0.6) is 0 Å². The van der Waals surface area contributed by atoms with Gasteiger partial charge in [-0.1, -0.05) is 60.7 Å². The highest BCUT2D eigenvalue weighted by atomic mass is 16.2. The number of amides is 1. The predicted octanol–water partition coefficient (Wildman–Crippen LogP) is 3.00. The third-order valence-electron chi connectivity index (χ3n) is 3.67. The van der Waals surface area contributed by atoms with E-state index in [0.29, 0.717) is 19.5 Å². The normalized spacial score (nSPS) is 10.4. The average Bonchev–Trinajstić information content (AvgIpc) is 2.58. The standard InChI is InChI=1S/C19H24N2O/c20-14-7-15-21(16-18-10-5-2-6-11-18)19(22)13-12-17-8-3-1-4-9-17/h1-6,8-11H,7,12-16,20H2. The first-order valence-electron chi connectivity index (χ1n) is 7.85. The second kappa shape index (κ2) is 9.00. The summed E-state index contributed by atoms with van der Waals surface area (Å²) in [5.41, 5.74) is 7.96. The van der Waals surface area contributed by atoms with Gasteiger partial charge in [0.1, 0.15) is 0 Å². The summed E-state index contributed by atoms with van der Waals surface area (Å²) < 4.78 is 0. The van der Waals surface area contributed by atoms with E-state index in [1.54, 1.807) is 0 Å². The van der Waals surface area contributed by atoms with Gasteiger partial charge >= 0.3 is 0 Å². The van der Waals surface area contributed by atoms with E-state index in [0.717, 1.165) is 24.9 Å². The Hall–Kier alpha value is -2.13. The largest absolute Gasteiger partial charge is 0.338 e. The molecule has 2 aromatic rings. The number of nitrogens with two attached hydrogens (primary N) is 1. The van der Waals surface area contributed by atoms with Crippen LogP contribution < -0.4 is 5.73 Å². The summed E-state index contributed by atoms with van der Waals surface area (Å²) in [5.74, 6) is 0.196. The van der Waals surface area contributed by atoms with Gasteiger partial charge in [0.05, 0.1) is 0 Å². The van der Waals surface area contributed by atoms with Gasteiger partial charge in [0.15, 0.2) is 0 Å². The molecule has 0 aliphatic carbocycles. The smallest absolute Gasteiger partial charge is 0.223 e. The van der Waals surface area contributed by atoms with Crippen LogP contribution in [0.15, 0.2) is 60.7 Å². The summed E-state index contributed by atoms with van der Waals surface area (Å²) in [6, 6.07) is 20.3. The van der Waals surface area contributed by atoms with Crippen molar-refractivity contribution in [2.75, 3.05) is 13.1 Å². The predicted molar refractivity (Wildman–Crippen MR) is 90.3 cm³/mol. The minimum atomic E-state index is 0.196. The summed E-state index contributed by atoms with van der Waals surface area (Å²) in [6.45, 7) is 1.99. The Labute approximate surface area is 132 Å². The number of aryl methyl sites for hydroxylation is 1. The van der Waals surface area contributed by atoms with Crippen molar-refractivity contribution in [1.82, 2.24) is 4.90 Å². The highest BCUT2D eigenvalue weighted by Crippen LogP contribution is 2.09. The molecule has 1 amide bonds. The second-order valence-electron chi connectivity index (χ2n) is 5.43. The first-order valence-corrected chi connectivity index (χ1v) is 7.85. The van der Waals surface area contributed by atoms with E-state index in [9.17, 15) is 4.79 Å². The lowest BCUT2D eigenvalue weighted by molar-refractivity contribution is -0.131. The van der Waals surface area contributed by atoms with E-state index in [1.807, 2.05) is 41.3 Å². The molecule has 2 rings (SSSR count). The van der Waals surface area contributed by atoms with Gasteiger partial charge in [-0.25, -0.2) is 0 Å². The second-order valence-corrected chi connectivity index (χ2v) is 5.43. The van der Waals surface area contributed by atoms with Crippen LogP contribution >= 0.6 is 0 Å². The fraction of sp³-hybridized carbons (Fsp3) is 0.316. The van der Waals surface area contributed by atoms with Crippen molar-refractivity contribution in [2.45, 2.75) is 25.8 Å². The van der Waals surface area contributed by atoms with Crippen LogP contribution in [-0.2, 0) is 17.8 Å². The molecule has 0 unspecified atom stereocenters. The Morgan fingerprint density at radius 2 is 1.50 bits per heavy atom. The molecule has 116 valence electrons. The molecule has 22 heavy (non-hydrogen) atoms. The molecule has 0 bridgehead atoms. The Morgan fingerprint density at radius 3 is 2.09 bits per heavy atom. The fourth-order valence-electron chi connectivity index (χ4n) is 2.43. The molecule has 3 heteroatoms. The van der Waals surface area contributed by atoms with Crippen molar-refractivity contribution >= 4 is 5.91 Å². The third-order valence-corrected chi connectivity index (χ3v) is 3.67. The van der Waals surface area contributed by atoms with Crippen molar-refractivity contribution in [2.24, 2.45) is 5.73 Å². The van der Waals surface area contributed by atoms with E-state index in [2.05, 4.69) is 24.3 Å². The molecule has 0 radical (unpaired) electrons. The van der Waals surface area contributed by atoms with Gasteiger partial charge < -0.3 is 10.6 Å². The summed E-state index contributed by atoms with van der Waals surface area (Å²) in [4.78, 5) is 14.4. The lowest BCUT2D eigenvalue weighted by atomic mass is 10.1. The molecule has 0 spiro atoms. The maximum Gasteiger partial charge on any atom is 0.223 e. The number of carbonyl (C=O) groups excluding carboxylic acids is 1. The zero-order valence-corrected chi connectivity index (χ0v) is 12.9. The number of nitrogens with zero attached hydrogens (tertiary/aromatic N) is 1. The quantitative estimate of drug-likeness (QED) is 0.814. The van der Waals surface area contributed by atoms with Crippen LogP contribution in [-0.4, -0.2) is 23.9 Å². The van der Waals surface area contributed by atoms with Gasteiger partial charge in [-0.05, 0) is 30.5 Å².